The molecule has 0 aliphatic carbocycles. The quantitative estimate of drug-likeness (QED) is 0.875. The molecule has 3 nitrogen and oxygen atoms in total. The fourth-order valence-electron chi connectivity index (χ4n) is 2.00. The van der Waals surface area contributed by atoms with Crippen molar-refractivity contribution >= 4 is 11.6 Å². The maximum atomic E-state index is 14.0. The van der Waals surface area contributed by atoms with Gasteiger partial charge in [0.1, 0.15) is 11.6 Å². The van der Waals surface area contributed by atoms with Gasteiger partial charge in [-0.15, -0.1) is 0 Å². The average molecular weight is 286 g/mol. The van der Waals surface area contributed by atoms with Crippen molar-refractivity contribution in [2.45, 2.75) is 13.0 Å². The van der Waals surface area contributed by atoms with Crippen LogP contribution >= 0.6 is 11.6 Å². The van der Waals surface area contributed by atoms with Crippen molar-refractivity contribution in [2.24, 2.45) is 7.05 Å². The van der Waals surface area contributed by atoms with Gasteiger partial charge in [0.05, 0.1) is 16.8 Å². The molecule has 2 rings (SSSR count). The third-order valence-corrected chi connectivity index (χ3v) is 3.20. The SMILES string of the molecule is CCNC(c1cc(F)c(Cl)cc1F)c1ccnn1C. The normalized spacial score (nSPS) is 12.7. The van der Waals surface area contributed by atoms with Crippen LogP contribution in [0, 0.1) is 11.6 Å². The summed E-state index contributed by atoms with van der Waals surface area (Å²) in [5, 5.41) is 6.95. The van der Waals surface area contributed by atoms with Crippen molar-refractivity contribution in [1.29, 1.82) is 0 Å². The molecule has 0 bridgehead atoms. The van der Waals surface area contributed by atoms with Crippen LogP contribution in [0.25, 0.3) is 0 Å². The predicted octanol–water partition coefficient (Wildman–Crippen LogP) is 3.05. The lowest BCUT2D eigenvalue weighted by Crippen LogP contribution is -2.25. The fraction of sp³-hybridized carbons (Fsp3) is 0.308. The Morgan fingerprint density at radius 2 is 2.11 bits per heavy atom. The first-order chi connectivity index (χ1) is 9.04. The summed E-state index contributed by atoms with van der Waals surface area (Å²) in [6, 6.07) is 3.41. The van der Waals surface area contributed by atoms with E-state index in [0.717, 1.165) is 17.8 Å². The highest BCUT2D eigenvalue weighted by Gasteiger charge is 2.21. The minimum atomic E-state index is -0.636. The van der Waals surface area contributed by atoms with E-state index in [1.54, 1.807) is 24.0 Å². The monoisotopic (exact) mass is 285 g/mol. The molecule has 1 heterocycles. The molecule has 0 fully saturated rings. The van der Waals surface area contributed by atoms with Crippen molar-refractivity contribution in [3.05, 3.63) is 52.3 Å². The van der Waals surface area contributed by atoms with Crippen LogP contribution in [-0.2, 0) is 7.05 Å². The van der Waals surface area contributed by atoms with E-state index < -0.39 is 17.7 Å². The van der Waals surface area contributed by atoms with Crippen molar-refractivity contribution in [3.63, 3.8) is 0 Å². The van der Waals surface area contributed by atoms with Gasteiger partial charge in [0, 0.05) is 18.8 Å². The van der Waals surface area contributed by atoms with Crippen LogP contribution in [0.4, 0.5) is 8.78 Å². The molecule has 0 spiro atoms. The number of rotatable bonds is 4. The van der Waals surface area contributed by atoms with Gasteiger partial charge in [0.25, 0.3) is 0 Å². The maximum absolute atomic E-state index is 14.0. The van der Waals surface area contributed by atoms with Gasteiger partial charge in [0.2, 0.25) is 0 Å². The number of halogens is 3. The minimum Gasteiger partial charge on any atom is -0.305 e. The summed E-state index contributed by atoms with van der Waals surface area (Å²) in [4.78, 5) is 0. The van der Waals surface area contributed by atoms with E-state index in [1.807, 2.05) is 6.92 Å². The lowest BCUT2D eigenvalue weighted by molar-refractivity contribution is 0.523. The number of hydrogen-bond donors (Lipinski definition) is 1. The molecule has 102 valence electrons. The van der Waals surface area contributed by atoms with E-state index in [0.29, 0.717) is 6.54 Å². The van der Waals surface area contributed by atoms with Gasteiger partial charge in [-0.1, -0.05) is 18.5 Å². The molecule has 0 radical (unpaired) electrons. The molecular formula is C13H14ClF2N3. The molecular weight excluding hydrogens is 272 g/mol. The zero-order valence-corrected chi connectivity index (χ0v) is 11.4. The molecule has 1 aromatic carbocycles. The smallest absolute Gasteiger partial charge is 0.142 e. The number of nitrogens with one attached hydrogen (secondary N) is 1. The summed E-state index contributed by atoms with van der Waals surface area (Å²) >= 11 is 5.57. The second-order valence-electron chi connectivity index (χ2n) is 4.16. The Kier molecular flexibility index (Phi) is 4.17. The predicted molar refractivity (Wildman–Crippen MR) is 70.1 cm³/mol. The molecule has 0 saturated carbocycles. The molecule has 1 atom stereocenters. The molecule has 1 aromatic heterocycles. The molecule has 6 heteroatoms. The van der Waals surface area contributed by atoms with Gasteiger partial charge in [-0.2, -0.15) is 5.10 Å². The van der Waals surface area contributed by atoms with Crippen LogP contribution in [-0.4, -0.2) is 16.3 Å². The van der Waals surface area contributed by atoms with Crippen molar-refractivity contribution in [2.75, 3.05) is 6.54 Å². The van der Waals surface area contributed by atoms with Gasteiger partial charge >= 0.3 is 0 Å². The fourth-order valence-corrected chi connectivity index (χ4v) is 2.15. The highest BCUT2D eigenvalue weighted by molar-refractivity contribution is 6.30. The van der Waals surface area contributed by atoms with E-state index in [4.69, 9.17) is 11.6 Å². The van der Waals surface area contributed by atoms with Gasteiger partial charge in [-0.05, 0) is 24.7 Å². The first kappa shape index (κ1) is 14.0. The first-order valence-electron chi connectivity index (χ1n) is 5.90. The summed E-state index contributed by atoms with van der Waals surface area (Å²) in [6.07, 6.45) is 1.61. The van der Waals surface area contributed by atoms with E-state index in [1.165, 1.54) is 0 Å². The summed E-state index contributed by atoms with van der Waals surface area (Å²) < 4.78 is 29.2. The second kappa shape index (κ2) is 5.67. The summed E-state index contributed by atoms with van der Waals surface area (Å²) in [5.74, 6) is -1.18. The molecule has 1 N–H and O–H groups in total. The lowest BCUT2D eigenvalue weighted by Gasteiger charge is -2.19. The van der Waals surface area contributed by atoms with Crippen LogP contribution in [0.5, 0.6) is 0 Å². The van der Waals surface area contributed by atoms with Gasteiger partial charge in [-0.3, -0.25) is 4.68 Å². The number of nitrogens with zero attached hydrogens (tertiary/aromatic N) is 2. The molecule has 0 amide bonds. The third kappa shape index (κ3) is 2.77. The number of benzene rings is 1. The van der Waals surface area contributed by atoms with E-state index in [2.05, 4.69) is 10.4 Å². The summed E-state index contributed by atoms with van der Waals surface area (Å²) in [5.41, 5.74) is 0.967. The van der Waals surface area contributed by atoms with Crippen LogP contribution < -0.4 is 5.32 Å². The molecule has 0 aliphatic rings. The average Bonchev–Trinajstić information content (AvgIpc) is 2.77. The van der Waals surface area contributed by atoms with Crippen molar-refractivity contribution < 1.29 is 8.78 Å². The minimum absolute atomic E-state index is 0.215. The molecule has 0 aliphatic heterocycles. The number of hydrogen-bond acceptors (Lipinski definition) is 2. The molecule has 19 heavy (non-hydrogen) atoms. The van der Waals surface area contributed by atoms with E-state index >= 15 is 0 Å². The summed E-state index contributed by atoms with van der Waals surface area (Å²) in [7, 11) is 1.75. The zero-order chi connectivity index (χ0) is 14.0. The molecule has 2 aromatic rings. The van der Waals surface area contributed by atoms with Crippen LogP contribution in [0.1, 0.15) is 24.2 Å². The largest absolute Gasteiger partial charge is 0.305 e. The highest BCUT2D eigenvalue weighted by atomic mass is 35.5. The third-order valence-electron chi connectivity index (χ3n) is 2.91. The topological polar surface area (TPSA) is 29.9 Å². The zero-order valence-electron chi connectivity index (χ0n) is 10.6. The van der Waals surface area contributed by atoms with Crippen LogP contribution in [0.2, 0.25) is 5.02 Å². The maximum Gasteiger partial charge on any atom is 0.142 e. The Morgan fingerprint density at radius 3 is 2.68 bits per heavy atom. The highest BCUT2D eigenvalue weighted by Crippen LogP contribution is 2.28. The van der Waals surface area contributed by atoms with Gasteiger partial charge in [-0.25, -0.2) is 8.78 Å². The Labute approximate surface area is 115 Å². The molecule has 0 saturated heterocycles. The lowest BCUT2D eigenvalue weighted by atomic mass is 10.0. The van der Waals surface area contributed by atoms with Crippen LogP contribution in [0.15, 0.2) is 24.4 Å². The van der Waals surface area contributed by atoms with Crippen LogP contribution in [0.3, 0.4) is 0 Å². The number of aromatic nitrogens is 2. The van der Waals surface area contributed by atoms with Gasteiger partial charge in [0.15, 0.2) is 0 Å². The Bertz CT molecular complexity index is 583. The van der Waals surface area contributed by atoms with Gasteiger partial charge < -0.3 is 5.32 Å². The molecule has 1 unspecified atom stereocenters. The Balaban J connectivity index is 2.51. The summed E-state index contributed by atoms with van der Waals surface area (Å²) in [6.45, 7) is 2.51. The van der Waals surface area contributed by atoms with Crippen molar-refractivity contribution in [1.82, 2.24) is 15.1 Å². The second-order valence-corrected chi connectivity index (χ2v) is 4.57. The Morgan fingerprint density at radius 1 is 1.37 bits per heavy atom. The number of aryl methyl sites for hydroxylation is 1. The Hall–Kier alpha value is -1.46. The van der Waals surface area contributed by atoms with E-state index in [-0.39, 0.29) is 10.6 Å². The van der Waals surface area contributed by atoms with E-state index in [9.17, 15) is 8.78 Å². The first-order valence-corrected chi connectivity index (χ1v) is 6.28. The van der Waals surface area contributed by atoms with Crippen molar-refractivity contribution in [3.8, 4) is 0 Å². The standard InChI is InChI=1S/C13H14ClF2N3/c1-3-17-13(12-4-5-18-19(12)2)8-6-11(16)9(14)7-10(8)15/h4-7,13,17H,3H2,1-2H3.